The van der Waals surface area contributed by atoms with Crippen molar-refractivity contribution in [1.29, 1.82) is 0 Å². The van der Waals surface area contributed by atoms with Crippen LogP contribution < -0.4 is 10.1 Å². The van der Waals surface area contributed by atoms with Crippen molar-refractivity contribution >= 4 is 12.4 Å². The molecule has 0 radical (unpaired) electrons. The summed E-state index contributed by atoms with van der Waals surface area (Å²) in [6.45, 7) is 8.32. The highest BCUT2D eigenvalue weighted by Gasteiger charge is 2.23. The van der Waals surface area contributed by atoms with E-state index in [0.29, 0.717) is 6.04 Å². The smallest absolute Gasteiger partial charge is 0.122 e. The highest BCUT2D eigenvalue weighted by atomic mass is 35.5. The van der Waals surface area contributed by atoms with Gasteiger partial charge in [-0.1, -0.05) is 12.1 Å². The van der Waals surface area contributed by atoms with Gasteiger partial charge in [-0.2, -0.15) is 0 Å². The van der Waals surface area contributed by atoms with Crippen LogP contribution in [-0.2, 0) is 0 Å². The molecule has 1 heterocycles. The van der Waals surface area contributed by atoms with Crippen LogP contribution in [0.2, 0.25) is 0 Å². The number of hydrogen-bond donors (Lipinski definition) is 1. The van der Waals surface area contributed by atoms with Crippen molar-refractivity contribution in [2.45, 2.75) is 32.7 Å². The summed E-state index contributed by atoms with van der Waals surface area (Å²) in [4.78, 5) is 2.54. The summed E-state index contributed by atoms with van der Waals surface area (Å²) >= 11 is 0. The highest BCUT2D eigenvalue weighted by molar-refractivity contribution is 5.85. The molecular weight excluding hydrogens is 272 g/mol. The lowest BCUT2D eigenvalue weighted by atomic mass is 10.1. The van der Waals surface area contributed by atoms with Crippen LogP contribution in [0.5, 0.6) is 5.75 Å². The molecule has 1 aromatic rings. The summed E-state index contributed by atoms with van der Waals surface area (Å²) in [7, 11) is 2.03. The van der Waals surface area contributed by atoms with Crippen molar-refractivity contribution in [3.8, 4) is 5.75 Å². The second-order valence-electron chi connectivity index (χ2n) is 5.51. The minimum atomic E-state index is 0. The Hall–Kier alpha value is -0.770. The van der Waals surface area contributed by atoms with Crippen LogP contribution >= 0.6 is 12.4 Å². The van der Waals surface area contributed by atoms with E-state index in [1.807, 2.05) is 7.05 Å². The maximum atomic E-state index is 5.94. The maximum absolute atomic E-state index is 5.94. The number of rotatable bonds is 6. The van der Waals surface area contributed by atoms with Gasteiger partial charge in [0.25, 0.3) is 0 Å². The average Bonchev–Trinajstić information content (AvgIpc) is 2.82. The van der Waals surface area contributed by atoms with Crippen LogP contribution in [0.25, 0.3) is 0 Å². The SMILES string of the molecule is CNCC1CCCN1CCOc1cc(C)ccc1C.Cl. The van der Waals surface area contributed by atoms with Crippen LogP contribution in [0.4, 0.5) is 0 Å². The van der Waals surface area contributed by atoms with E-state index in [9.17, 15) is 0 Å². The number of halogens is 1. The highest BCUT2D eigenvalue weighted by Crippen LogP contribution is 2.20. The topological polar surface area (TPSA) is 24.5 Å². The Morgan fingerprint density at radius 3 is 2.90 bits per heavy atom. The van der Waals surface area contributed by atoms with E-state index in [4.69, 9.17) is 4.74 Å². The van der Waals surface area contributed by atoms with Crippen molar-refractivity contribution in [2.75, 3.05) is 33.3 Å². The molecule has 1 aliphatic rings. The first-order valence-electron chi connectivity index (χ1n) is 7.29. The molecule has 1 aliphatic heterocycles. The zero-order valence-electron chi connectivity index (χ0n) is 12.8. The van der Waals surface area contributed by atoms with E-state index < -0.39 is 0 Å². The van der Waals surface area contributed by atoms with Crippen LogP contribution in [0, 0.1) is 13.8 Å². The second-order valence-corrected chi connectivity index (χ2v) is 5.51. The molecule has 1 saturated heterocycles. The van der Waals surface area contributed by atoms with Crippen molar-refractivity contribution in [3.05, 3.63) is 29.3 Å². The van der Waals surface area contributed by atoms with Gasteiger partial charge in [0.15, 0.2) is 0 Å². The summed E-state index contributed by atoms with van der Waals surface area (Å²) in [5, 5.41) is 3.28. The quantitative estimate of drug-likeness (QED) is 0.874. The van der Waals surface area contributed by atoms with Gasteiger partial charge in [0.05, 0.1) is 0 Å². The predicted molar refractivity (Wildman–Crippen MR) is 87.2 cm³/mol. The predicted octanol–water partition coefficient (Wildman–Crippen LogP) is 2.79. The Kier molecular flexibility index (Phi) is 7.35. The zero-order chi connectivity index (χ0) is 13.7. The molecule has 0 amide bonds. The Morgan fingerprint density at radius 2 is 2.15 bits per heavy atom. The third-order valence-corrected chi connectivity index (χ3v) is 3.92. The van der Waals surface area contributed by atoms with E-state index in [1.165, 1.54) is 30.5 Å². The monoisotopic (exact) mass is 298 g/mol. The van der Waals surface area contributed by atoms with Crippen molar-refractivity contribution in [2.24, 2.45) is 0 Å². The Balaban J connectivity index is 0.00000200. The van der Waals surface area contributed by atoms with Crippen LogP contribution in [-0.4, -0.2) is 44.2 Å². The van der Waals surface area contributed by atoms with E-state index >= 15 is 0 Å². The fraction of sp³-hybridized carbons (Fsp3) is 0.625. The lowest BCUT2D eigenvalue weighted by Gasteiger charge is -2.24. The van der Waals surface area contributed by atoms with Crippen molar-refractivity contribution in [1.82, 2.24) is 10.2 Å². The van der Waals surface area contributed by atoms with Crippen molar-refractivity contribution < 1.29 is 4.74 Å². The van der Waals surface area contributed by atoms with Gasteiger partial charge in [0.2, 0.25) is 0 Å². The van der Waals surface area contributed by atoms with Gasteiger partial charge in [-0.25, -0.2) is 0 Å². The molecule has 1 fully saturated rings. The summed E-state index contributed by atoms with van der Waals surface area (Å²) in [6, 6.07) is 7.08. The molecule has 114 valence electrons. The van der Waals surface area contributed by atoms with Gasteiger partial charge in [-0.05, 0) is 57.5 Å². The number of likely N-dealkylation sites (tertiary alicyclic amines) is 1. The molecule has 0 saturated carbocycles. The van der Waals surface area contributed by atoms with E-state index in [-0.39, 0.29) is 12.4 Å². The Labute approximate surface area is 129 Å². The number of nitrogens with zero attached hydrogens (tertiary/aromatic N) is 1. The zero-order valence-corrected chi connectivity index (χ0v) is 13.6. The summed E-state index contributed by atoms with van der Waals surface area (Å²) in [5.74, 6) is 1.03. The number of aryl methyl sites for hydroxylation is 2. The lowest BCUT2D eigenvalue weighted by molar-refractivity contribution is 0.195. The maximum Gasteiger partial charge on any atom is 0.122 e. The summed E-state index contributed by atoms with van der Waals surface area (Å²) in [5.41, 5.74) is 2.48. The summed E-state index contributed by atoms with van der Waals surface area (Å²) < 4.78 is 5.94. The number of ether oxygens (including phenoxy) is 1. The van der Waals surface area contributed by atoms with Gasteiger partial charge in [0.1, 0.15) is 12.4 Å². The molecule has 3 nitrogen and oxygen atoms in total. The molecule has 1 unspecified atom stereocenters. The molecule has 20 heavy (non-hydrogen) atoms. The van der Waals surface area contributed by atoms with Crippen molar-refractivity contribution in [3.63, 3.8) is 0 Å². The summed E-state index contributed by atoms with van der Waals surface area (Å²) in [6.07, 6.45) is 2.63. The Morgan fingerprint density at radius 1 is 1.35 bits per heavy atom. The molecular formula is C16H27ClN2O. The molecule has 0 bridgehead atoms. The third-order valence-electron chi connectivity index (χ3n) is 3.92. The second kappa shape index (κ2) is 8.50. The third kappa shape index (κ3) is 4.65. The molecule has 0 aromatic heterocycles. The van der Waals surface area contributed by atoms with E-state index in [2.05, 4.69) is 42.3 Å². The fourth-order valence-electron chi connectivity index (χ4n) is 2.79. The largest absolute Gasteiger partial charge is 0.492 e. The Bertz CT molecular complexity index is 411. The number of likely N-dealkylation sites (N-methyl/N-ethyl adjacent to an activating group) is 1. The van der Waals surface area contributed by atoms with Crippen LogP contribution in [0.15, 0.2) is 18.2 Å². The minimum Gasteiger partial charge on any atom is -0.492 e. The molecule has 1 aromatic carbocycles. The van der Waals surface area contributed by atoms with Crippen LogP contribution in [0.3, 0.4) is 0 Å². The number of benzene rings is 1. The van der Waals surface area contributed by atoms with Gasteiger partial charge >= 0.3 is 0 Å². The van der Waals surface area contributed by atoms with E-state index in [1.54, 1.807) is 0 Å². The first kappa shape index (κ1) is 17.3. The van der Waals surface area contributed by atoms with Gasteiger partial charge in [-0.3, -0.25) is 4.90 Å². The number of nitrogens with one attached hydrogen (secondary N) is 1. The first-order chi connectivity index (χ1) is 9.20. The standard InChI is InChI=1S/C16H26N2O.ClH/c1-13-6-7-14(2)16(11-13)19-10-9-18-8-4-5-15(18)12-17-3;/h6-7,11,15,17H,4-5,8-10,12H2,1-3H3;1H. The minimum absolute atomic E-state index is 0. The van der Waals surface area contributed by atoms with Gasteiger partial charge in [0, 0.05) is 19.1 Å². The average molecular weight is 299 g/mol. The van der Waals surface area contributed by atoms with E-state index in [0.717, 1.165) is 25.4 Å². The molecule has 1 N–H and O–H groups in total. The van der Waals surface area contributed by atoms with Gasteiger partial charge in [-0.15, -0.1) is 12.4 Å². The van der Waals surface area contributed by atoms with Crippen LogP contribution in [0.1, 0.15) is 24.0 Å². The molecule has 1 atom stereocenters. The number of hydrogen-bond acceptors (Lipinski definition) is 3. The normalized spacial score (nSPS) is 18.9. The first-order valence-corrected chi connectivity index (χ1v) is 7.29. The fourth-order valence-corrected chi connectivity index (χ4v) is 2.79. The molecule has 2 rings (SSSR count). The molecule has 0 aliphatic carbocycles. The lowest BCUT2D eigenvalue weighted by Crippen LogP contribution is -2.39. The molecule has 0 spiro atoms. The molecule has 4 heteroatoms. The van der Waals surface area contributed by atoms with Gasteiger partial charge < -0.3 is 10.1 Å².